The summed E-state index contributed by atoms with van der Waals surface area (Å²) >= 11 is 1.55. The van der Waals surface area contributed by atoms with Gasteiger partial charge in [-0.25, -0.2) is 9.97 Å². The van der Waals surface area contributed by atoms with Crippen LogP contribution in [0.25, 0.3) is 21.6 Å². The number of pyridine rings is 1. The SMILES string of the molecule is CC(C)(O)CC#Cc1csc2c(NC[C@@H](N)Cc3ccccc3)nc(-c3ccncc3)nc12. The van der Waals surface area contributed by atoms with Crippen molar-refractivity contribution in [3.63, 3.8) is 0 Å². The van der Waals surface area contributed by atoms with Crippen LogP contribution in [0.1, 0.15) is 31.4 Å². The minimum Gasteiger partial charge on any atom is -0.389 e. The second-order valence-corrected chi connectivity index (χ2v) is 9.46. The van der Waals surface area contributed by atoms with Gasteiger partial charge in [0.2, 0.25) is 0 Å². The standard InChI is InChI=1S/C26H27N5OS/c1-26(2,32)12-6-9-20-17-33-23-22(20)30-24(19-10-13-28-14-11-19)31-25(23)29-16-21(27)15-18-7-4-3-5-8-18/h3-5,7-8,10-11,13-14,17,21,32H,12,15-16,27H2,1-2H3,(H,29,30,31)/t21-/m0/s1. The molecule has 0 aliphatic rings. The summed E-state index contributed by atoms with van der Waals surface area (Å²) in [7, 11) is 0. The molecule has 3 aromatic heterocycles. The van der Waals surface area contributed by atoms with E-state index in [2.05, 4.69) is 34.3 Å². The largest absolute Gasteiger partial charge is 0.389 e. The van der Waals surface area contributed by atoms with Crippen LogP contribution < -0.4 is 11.1 Å². The van der Waals surface area contributed by atoms with Crippen molar-refractivity contribution in [3.05, 3.63) is 71.4 Å². The van der Waals surface area contributed by atoms with Gasteiger partial charge in [-0.3, -0.25) is 4.98 Å². The van der Waals surface area contributed by atoms with Crippen LogP contribution in [0.4, 0.5) is 5.82 Å². The highest BCUT2D eigenvalue weighted by molar-refractivity contribution is 7.18. The Hall–Kier alpha value is -3.31. The van der Waals surface area contributed by atoms with Gasteiger partial charge >= 0.3 is 0 Å². The molecule has 7 heteroatoms. The molecule has 4 rings (SSSR count). The summed E-state index contributed by atoms with van der Waals surface area (Å²) in [6, 6.07) is 13.9. The smallest absolute Gasteiger partial charge is 0.162 e. The zero-order valence-electron chi connectivity index (χ0n) is 18.7. The lowest BCUT2D eigenvalue weighted by Gasteiger charge is -2.14. The maximum atomic E-state index is 9.97. The third-order valence-corrected chi connectivity index (χ3v) is 5.95. The second kappa shape index (κ2) is 10.1. The molecule has 4 aromatic rings. The van der Waals surface area contributed by atoms with E-state index in [9.17, 15) is 5.11 Å². The molecule has 0 saturated carbocycles. The molecule has 6 nitrogen and oxygen atoms in total. The first-order valence-electron chi connectivity index (χ1n) is 10.8. The van der Waals surface area contributed by atoms with Crippen LogP contribution in [0.3, 0.4) is 0 Å². The van der Waals surface area contributed by atoms with Crippen LogP contribution in [0, 0.1) is 11.8 Å². The zero-order chi connectivity index (χ0) is 23.3. The molecule has 33 heavy (non-hydrogen) atoms. The quantitative estimate of drug-likeness (QED) is 0.359. The van der Waals surface area contributed by atoms with E-state index in [1.54, 1.807) is 37.6 Å². The molecule has 0 aliphatic heterocycles. The van der Waals surface area contributed by atoms with Gasteiger partial charge in [0.15, 0.2) is 5.82 Å². The fourth-order valence-corrected chi connectivity index (χ4v) is 4.23. The third-order valence-electron chi connectivity index (χ3n) is 4.97. The number of hydrogen-bond donors (Lipinski definition) is 3. The van der Waals surface area contributed by atoms with E-state index in [1.807, 2.05) is 35.7 Å². The summed E-state index contributed by atoms with van der Waals surface area (Å²) in [4.78, 5) is 13.7. The fourth-order valence-electron chi connectivity index (χ4n) is 3.33. The van der Waals surface area contributed by atoms with Gasteiger partial charge in [-0.15, -0.1) is 11.3 Å². The van der Waals surface area contributed by atoms with Crippen molar-refractivity contribution in [2.45, 2.75) is 38.3 Å². The molecule has 0 radical (unpaired) electrons. The van der Waals surface area contributed by atoms with Gasteiger partial charge in [0.05, 0.1) is 15.9 Å². The van der Waals surface area contributed by atoms with Gasteiger partial charge in [0.1, 0.15) is 11.3 Å². The van der Waals surface area contributed by atoms with Crippen molar-refractivity contribution < 1.29 is 5.11 Å². The number of aromatic nitrogens is 3. The van der Waals surface area contributed by atoms with Gasteiger partial charge < -0.3 is 16.2 Å². The molecule has 1 atom stereocenters. The molecule has 0 amide bonds. The molecule has 0 aliphatic carbocycles. The minimum absolute atomic E-state index is 0.0622. The normalized spacial score (nSPS) is 12.2. The van der Waals surface area contributed by atoms with Gasteiger partial charge in [-0.1, -0.05) is 42.2 Å². The average Bonchev–Trinajstić information content (AvgIpc) is 3.21. The molecule has 0 bridgehead atoms. The Morgan fingerprint density at radius 2 is 1.88 bits per heavy atom. The number of rotatable bonds is 7. The highest BCUT2D eigenvalue weighted by Gasteiger charge is 2.15. The van der Waals surface area contributed by atoms with Gasteiger partial charge in [-0.05, 0) is 38.0 Å². The van der Waals surface area contributed by atoms with Crippen molar-refractivity contribution in [1.29, 1.82) is 0 Å². The van der Waals surface area contributed by atoms with Gasteiger partial charge in [0.25, 0.3) is 0 Å². The highest BCUT2D eigenvalue weighted by atomic mass is 32.1. The van der Waals surface area contributed by atoms with E-state index in [0.717, 1.165) is 33.6 Å². The minimum atomic E-state index is -0.836. The molecule has 1 aromatic carbocycles. The lowest BCUT2D eigenvalue weighted by Crippen LogP contribution is -2.31. The Morgan fingerprint density at radius 1 is 1.12 bits per heavy atom. The number of nitrogens with one attached hydrogen (secondary N) is 1. The number of anilines is 1. The lowest BCUT2D eigenvalue weighted by molar-refractivity contribution is 0.0862. The van der Waals surface area contributed by atoms with Crippen LogP contribution in [0.2, 0.25) is 0 Å². The molecule has 3 heterocycles. The van der Waals surface area contributed by atoms with Crippen LogP contribution in [-0.2, 0) is 6.42 Å². The number of benzene rings is 1. The Kier molecular flexibility index (Phi) is 6.99. The second-order valence-electron chi connectivity index (χ2n) is 8.58. The van der Waals surface area contributed by atoms with Crippen molar-refractivity contribution in [2.24, 2.45) is 5.73 Å². The highest BCUT2D eigenvalue weighted by Crippen LogP contribution is 2.32. The number of nitrogens with two attached hydrogens (primary N) is 1. The summed E-state index contributed by atoms with van der Waals surface area (Å²) < 4.78 is 0.937. The van der Waals surface area contributed by atoms with Crippen molar-refractivity contribution in [3.8, 4) is 23.2 Å². The van der Waals surface area contributed by atoms with E-state index >= 15 is 0 Å². The molecule has 4 N–H and O–H groups in total. The van der Waals surface area contributed by atoms with Gasteiger partial charge in [-0.2, -0.15) is 0 Å². The van der Waals surface area contributed by atoms with E-state index in [0.29, 0.717) is 18.8 Å². The Bertz CT molecular complexity index is 1270. The summed E-state index contributed by atoms with van der Waals surface area (Å²) in [6.45, 7) is 4.07. The topological polar surface area (TPSA) is 97.0 Å². The van der Waals surface area contributed by atoms with E-state index in [1.165, 1.54) is 5.56 Å². The van der Waals surface area contributed by atoms with Crippen molar-refractivity contribution in [1.82, 2.24) is 15.0 Å². The Morgan fingerprint density at radius 3 is 2.61 bits per heavy atom. The number of nitrogens with zero attached hydrogens (tertiary/aromatic N) is 3. The summed E-state index contributed by atoms with van der Waals surface area (Å²) in [5.74, 6) is 7.60. The van der Waals surface area contributed by atoms with E-state index in [-0.39, 0.29) is 6.04 Å². The van der Waals surface area contributed by atoms with E-state index in [4.69, 9.17) is 15.7 Å². The third kappa shape index (κ3) is 6.14. The Balaban J connectivity index is 1.64. The molecule has 0 unspecified atom stereocenters. The zero-order valence-corrected chi connectivity index (χ0v) is 19.6. The maximum absolute atomic E-state index is 9.97. The van der Waals surface area contributed by atoms with Crippen LogP contribution in [0.15, 0.2) is 60.2 Å². The first-order chi connectivity index (χ1) is 15.9. The molecule has 0 fully saturated rings. The summed E-state index contributed by atoms with van der Waals surface area (Å²) in [5.41, 5.74) is 9.27. The number of fused-ring (bicyclic) bond motifs is 1. The molecular formula is C26H27N5OS. The molecule has 168 valence electrons. The molecule has 0 saturated heterocycles. The van der Waals surface area contributed by atoms with Crippen LogP contribution in [-0.4, -0.2) is 38.2 Å². The van der Waals surface area contributed by atoms with E-state index < -0.39 is 5.60 Å². The van der Waals surface area contributed by atoms with Crippen molar-refractivity contribution in [2.75, 3.05) is 11.9 Å². The van der Waals surface area contributed by atoms with Crippen LogP contribution >= 0.6 is 11.3 Å². The van der Waals surface area contributed by atoms with Gasteiger partial charge in [0, 0.05) is 42.3 Å². The number of aliphatic hydroxyl groups is 1. The predicted molar refractivity (Wildman–Crippen MR) is 135 cm³/mol. The number of hydrogen-bond acceptors (Lipinski definition) is 7. The number of thiophene rings is 1. The molecular weight excluding hydrogens is 430 g/mol. The lowest BCUT2D eigenvalue weighted by atomic mass is 10.1. The average molecular weight is 458 g/mol. The fraction of sp³-hybridized carbons (Fsp3) is 0.269. The van der Waals surface area contributed by atoms with Crippen LogP contribution in [0.5, 0.6) is 0 Å². The summed E-state index contributed by atoms with van der Waals surface area (Å²) in [5, 5.41) is 15.4. The maximum Gasteiger partial charge on any atom is 0.162 e. The van der Waals surface area contributed by atoms with Crippen molar-refractivity contribution >= 4 is 27.4 Å². The molecule has 0 spiro atoms. The Labute approximate surface area is 197 Å². The summed E-state index contributed by atoms with van der Waals surface area (Å²) in [6.07, 6.45) is 4.61. The predicted octanol–water partition coefficient (Wildman–Crippen LogP) is 4.25. The first kappa shape index (κ1) is 22.9. The monoisotopic (exact) mass is 457 g/mol. The first-order valence-corrected chi connectivity index (χ1v) is 11.7.